The van der Waals surface area contributed by atoms with Crippen molar-refractivity contribution in [3.05, 3.63) is 60.1 Å². The highest BCUT2D eigenvalue weighted by molar-refractivity contribution is 5.83. The highest BCUT2D eigenvalue weighted by Crippen LogP contribution is 2.19. The molecule has 1 unspecified atom stereocenters. The maximum Gasteiger partial charge on any atom is 0.227 e. The fraction of sp³-hybridized carbons (Fsp3) is 0.267. The zero-order valence-corrected chi connectivity index (χ0v) is 10.7. The van der Waals surface area contributed by atoms with E-state index in [4.69, 9.17) is 10.2 Å². The zero-order chi connectivity index (χ0) is 13.5. The molecule has 100 valence electrons. The minimum Gasteiger partial charge on any atom is -0.467 e. The van der Waals surface area contributed by atoms with Crippen molar-refractivity contribution in [2.75, 3.05) is 6.54 Å². The van der Waals surface area contributed by atoms with E-state index >= 15 is 0 Å². The van der Waals surface area contributed by atoms with Gasteiger partial charge in [-0.3, -0.25) is 4.79 Å². The Balaban J connectivity index is 2.00. The van der Waals surface area contributed by atoms with Crippen LogP contribution in [0.3, 0.4) is 0 Å². The third kappa shape index (κ3) is 3.69. The van der Waals surface area contributed by atoms with E-state index in [1.54, 1.807) is 12.3 Å². The number of carbonyl (C=O) groups is 1. The van der Waals surface area contributed by atoms with Crippen molar-refractivity contribution in [1.29, 1.82) is 0 Å². The van der Waals surface area contributed by atoms with Gasteiger partial charge in [-0.2, -0.15) is 0 Å². The molecule has 4 heteroatoms. The summed E-state index contributed by atoms with van der Waals surface area (Å²) in [5.74, 6) is 0.516. The Bertz CT molecular complexity index is 494. The Kier molecular flexibility index (Phi) is 4.75. The van der Waals surface area contributed by atoms with Crippen molar-refractivity contribution in [3.8, 4) is 0 Å². The molecular formula is C15H18N2O2. The summed E-state index contributed by atoms with van der Waals surface area (Å²) in [7, 11) is 0. The van der Waals surface area contributed by atoms with Gasteiger partial charge in [-0.1, -0.05) is 30.3 Å². The lowest BCUT2D eigenvalue weighted by Crippen LogP contribution is -2.30. The van der Waals surface area contributed by atoms with Crippen LogP contribution in [-0.2, 0) is 11.3 Å². The van der Waals surface area contributed by atoms with Gasteiger partial charge >= 0.3 is 0 Å². The van der Waals surface area contributed by atoms with Gasteiger partial charge in [0.1, 0.15) is 5.76 Å². The first-order chi connectivity index (χ1) is 9.31. The lowest BCUT2D eigenvalue weighted by Gasteiger charge is -2.16. The molecule has 4 nitrogen and oxygen atoms in total. The van der Waals surface area contributed by atoms with Gasteiger partial charge in [-0.15, -0.1) is 0 Å². The van der Waals surface area contributed by atoms with Gasteiger partial charge in [0.2, 0.25) is 5.91 Å². The molecule has 2 rings (SSSR count). The van der Waals surface area contributed by atoms with Gasteiger partial charge in [0.05, 0.1) is 18.7 Å². The average molecular weight is 258 g/mol. The normalized spacial score (nSPS) is 12.1. The number of furan rings is 1. The summed E-state index contributed by atoms with van der Waals surface area (Å²) in [6, 6.07) is 13.3. The van der Waals surface area contributed by atoms with E-state index in [9.17, 15) is 4.79 Å². The topological polar surface area (TPSA) is 68.3 Å². The maximum absolute atomic E-state index is 12.2. The summed E-state index contributed by atoms with van der Waals surface area (Å²) in [5.41, 5.74) is 6.59. The first kappa shape index (κ1) is 13.4. The molecule has 0 aliphatic heterocycles. The number of amides is 1. The summed E-state index contributed by atoms with van der Waals surface area (Å²) in [6.45, 7) is 0.882. The Hall–Kier alpha value is -2.07. The maximum atomic E-state index is 12.2. The van der Waals surface area contributed by atoms with Gasteiger partial charge in [0.15, 0.2) is 0 Å². The molecule has 1 atom stereocenters. The third-order valence-corrected chi connectivity index (χ3v) is 2.99. The number of benzene rings is 1. The zero-order valence-electron chi connectivity index (χ0n) is 10.7. The monoisotopic (exact) mass is 258 g/mol. The molecule has 0 aliphatic carbocycles. The molecule has 0 radical (unpaired) electrons. The van der Waals surface area contributed by atoms with Crippen molar-refractivity contribution in [2.24, 2.45) is 5.73 Å². The van der Waals surface area contributed by atoms with Crippen molar-refractivity contribution < 1.29 is 9.21 Å². The van der Waals surface area contributed by atoms with Crippen LogP contribution < -0.4 is 11.1 Å². The molecule has 2 aromatic rings. The van der Waals surface area contributed by atoms with Crippen LogP contribution in [0.15, 0.2) is 53.1 Å². The standard InChI is InChI=1S/C15H18N2O2/c16-9-8-14(12-5-2-1-3-6-12)15(18)17-11-13-7-4-10-19-13/h1-7,10,14H,8-9,11,16H2,(H,17,18). The molecule has 0 fully saturated rings. The van der Waals surface area contributed by atoms with Crippen LogP contribution in [0, 0.1) is 0 Å². The summed E-state index contributed by atoms with van der Waals surface area (Å²) in [6.07, 6.45) is 2.23. The van der Waals surface area contributed by atoms with Crippen LogP contribution in [0.25, 0.3) is 0 Å². The van der Waals surface area contributed by atoms with E-state index in [0.717, 1.165) is 11.3 Å². The van der Waals surface area contributed by atoms with E-state index in [1.165, 1.54) is 0 Å². The number of hydrogen-bond donors (Lipinski definition) is 2. The van der Waals surface area contributed by atoms with Crippen LogP contribution in [-0.4, -0.2) is 12.5 Å². The second-order valence-corrected chi connectivity index (χ2v) is 4.34. The smallest absolute Gasteiger partial charge is 0.227 e. The van der Waals surface area contributed by atoms with Crippen LogP contribution in [0.2, 0.25) is 0 Å². The minimum atomic E-state index is -0.207. The van der Waals surface area contributed by atoms with Gasteiger partial charge in [0, 0.05) is 0 Å². The van der Waals surface area contributed by atoms with E-state index in [0.29, 0.717) is 19.5 Å². The van der Waals surface area contributed by atoms with Gasteiger partial charge in [0.25, 0.3) is 0 Å². The predicted molar refractivity (Wildman–Crippen MR) is 73.4 cm³/mol. The molecule has 1 amide bonds. The van der Waals surface area contributed by atoms with Gasteiger partial charge in [-0.25, -0.2) is 0 Å². The van der Waals surface area contributed by atoms with E-state index in [2.05, 4.69) is 5.32 Å². The summed E-state index contributed by atoms with van der Waals surface area (Å²) >= 11 is 0. The molecule has 0 saturated heterocycles. The van der Waals surface area contributed by atoms with Crippen molar-refractivity contribution in [3.63, 3.8) is 0 Å². The van der Waals surface area contributed by atoms with E-state index < -0.39 is 0 Å². The summed E-state index contributed by atoms with van der Waals surface area (Å²) in [4.78, 5) is 12.2. The second kappa shape index (κ2) is 6.75. The first-order valence-corrected chi connectivity index (χ1v) is 6.36. The van der Waals surface area contributed by atoms with Gasteiger partial charge in [-0.05, 0) is 30.7 Å². The second-order valence-electron chi connectivity index (χ2n) is 4.34. The van der Waals surface area contributed by atoms with Crippen LogP contribution in [0.4, 0.5) is 0 Å². The Morgan fingerprint density at radius 3 is 2.63 bits per heavy atom. The van der Waals surface area contributed by atoms with E-state index in [-0.39, 0.29) is 11.8 Å². The summed E-state index contributed by atoms with van der Waals surface area (Å²) in [5, 5.41) is 2.88. The van der Waals surface area contributed by atoms with Crippen LogP contribution >= 0.6 is 0 Å². The largest absolute Gasteiger partial charge is 0.467 e. The van der Waals surface area contributed by atoms with Crippen LogP contribution in [0.5, 0.6) is 0 Å². The molecule has 1 aromatic carbocycles. The third-order valence-electron chi connectivity index (χ3n) is 2.99. The van der Waals surface area contributed by atoms with Crippen molar-refractivity contribution in [1.82, 2.24) is 5.32 Å². The highest BCUT2D eigenvalue weighted by atomic mass is 16.3. The molecule has 1 heterocycles. The first-order valence-electron chi connectivity index (χ1n) is 6.36. The van der Waals surface area contributed by atoms with Crippen LogP contribution in [0.1, 0.15) is 23.7 Å². The van der Waals surface area contributed by atoms with Crippen molar-refractivity contribution >= 4 is 5.91 Å². The quantitative estimate of drug-likeness (QED) is 0.833. The number of nitrogens with one attached hydrogen (secondary N) is 1. The molecule has 0 aliphatic rings. The molecule has 0 spiro atoms. The number of carbonyl (C=O) groups excluding carboxylic acids is 1. The fourth-order valence-corrected chi connectivity index (χ4v) is 2.01. The van der Waals surface area contributed by atoms with Crippen molar-refractivity contribution in [2.45, 2.75) is 18.9 Å². The molecule has 0 bridgehead atoms. The molecule has 1 aromatic heterocycles. The predicted octanol–water partition coefficient (Wildman–Crippen LogP) is 2.03. The van der Waals surface area contributed by atoms with E-state index in [1.807, 2.05) is 36.4 Å². The number of rotatable bonds is 6. The Labute approximate surface area is 112 Å². The lowest BCUT2D eigenvalue weighted by molar-refractivity contribution is -0.122. The Morgan fingerprint density at radius 1 is 1.21 bits per heavy atom. The average Bonchev–Trinajstić information content (AvgIpc) is 2.96. The molecular weight excluding hydrogens is 240 g/mol. The SMILES string of the molecule is NCCC(C(=O)NCc1ccco1)c1ccccc1. The highest BCUT2D eigenvalue weighted by Gasteiger charge is 2.19. The molecule has 0 saturated carbocycles. The Morgan fingerprint density at radius 2 is 2.00 bits per heavy atom. The number of hydrogen-bond acceptors (Lipinski definition) is 3. The fourth-order valence-electron chi connectivity index (χ4n) is 2.01. The molecule has 3 N–H and O–H groups in total. The number of nitrogens with two attached hydrogens (primary N) is 1. The summed E-state index contributed by atoms with van der Waals surface area (Å²) < 4.78 is 5.19. The van der Waals surface area contributed by atoms with Gasteiger partial charge < -0.3 is 15.5 Å². The minimum absolute atomic E-state index is 0.0203. The lowest BCUT2D eigenvalue weighted by atomic mass is 9.95. The molecule has 19 heavy (non-hydrogen) atoms.